The van der Waals surface area contributed by atoms with Crippen LogP contribution in [0.1, 0.15) is 6.42 Å². The molecule has 86 valence electrons. The molecule has 16 heavy (non-hydrogen) atoms. The average Bonchev–Trinajstić information content (AvgIpc) is 2.28. The van der Waals surface area contributed by atoms with Crippen molar-refractivity contribution in [2.24, 2.45) is 0 Å². The number of carbonyl (C=O) groups excluding carboxylic acids is 2. The van der Waals surface area contributed by atoms with Crippen LogP contribution in [0.4, 0.5) is 4.39 Å². The van der Waals surface area contributed by atoms with Gasteiger partial charge in [0.2, 0.25) is 11.6 Å². The maximum atomic E-state index is 12.5. The first-order valence-electron chi connectivity index (χ1n) is 4.64. The Hall–Kier alpha value is -1.42. The molecule has 0 aliphatic rings. The number of ether oxygens (including phenoxy) is 1. The lowest BCUT2D eigenvalue weighted by molar-refractivity contribution is -0.137. The van der Waals surface area contributed by atoms with E-state index in [-0.39, 0.29) is 18.9 Å². The van der Waals surface area contributed by atoms with Gasteiger partial charge in [0.1, 0.15) is 11.6 Å². The minimum absolute atomic E-state index is 0.00711. The molecule has 5 heteroatoms. The third-order valence-corrected chi connectivity index (χ3v) is 2.01. The van der Waals surface area contributed by atoms with E-state index in [2.05, 4.69) is 0 Å². The molecule has 1 rings (SSSR count). The van der Waals surface area contributed by atoms with Crippen LogP contribution in [0.2, 0.25) is 0 Å². The van der Waals surface area contributed by atoms with Crippen LogP contribution in [0.15, 0.2) is 24.3 Å². The molecule has 0 spiro atoms. The molecule has 1 aromatic carbocycles. The Kier molecular flexibility index (Phi) is 4.92. The number of Topliss-reactive ketones (excluding diaryl/α,β-unsaturated/α-hetero) is 2. The number of benzene rings is 1. The molecule has 0 atom stereocenters. The zero-order valence-corrected chi connectivity index (χ0v) is 9.17. The van der Waals surface area contributed by atoms with Crippen LogP contribution in [0.3, 0.4) is 0 Å². The molecule has 0 N–H and O–H groups in total. The highest BCUT2D eigenvalue weighted by Crippen LogP contribution is 2.10. The molecule has 0 radical (unpaired) electrons. The number of hydrogen-bond acceptors (Lipinski definition) is 3. The van der Waals surface area contributed by atoms with Crippen LogP contribution in [0.25, 0.3) is 0 Å². The van der Waals surface area contributed by atoms with Gasteiger partial charge in [-0.15, -0.1) is 11.6 Å². The van der Waals surface area contributed by atoms with Gasteiger partial charge in [-0.05, 0) is 24.3 Å². The zero-order valence-electron chi connectivity index (χ0n) is 8.41. The Morgan fingerprint density at radius 1 is 1.19 bits per heavy atom. The summed E-state index contributed by atoms with van der Waals surface area (Å²) in [6, 6.07) is 5.18. The summed E-state index contributed by atoms with van der Waals surface area (Å²) < 4.78 is 17.5. The molecule has 0 fully saturated rings. The van der Waals surface area contributed by atoms with E-state index in [0.717, 1.165) is 0 Å². The summed E-state index contributed by atoms with van der Waals surface area (Å²) in [7, 11) is 0. The summed E-state index contributed by atoms with van der Waals surface area (Å²) in [5, 5.41) is 0. The van der Waals surface area contributed by atoms with E-state index in [9.17, 15) is 14.0 Å². The summed E-state index contributed by atoms with van der Waals surface area (Å²) >= 11 is 5.32. The van der Waals surface area contributed by atoms with Crippen LogP contribution in [0.5, 0.6) is 5.75 Å². The molecule has 3 nitrogen and oxygen atoms in total. The molecule has 0 aliphatic carbocycles. The van der Waals surface area contributed by atoms with E-state index in [1.165, 1.54) is 24.3 Å². The van der Waals surface area contributed by atoms with Crippen molar-refractivity contribution < 1.29 is 18.7 Å². The Morgan fingerprint density at radius 3 is 2.38 bits per heavy atom. The molecule has 0 aliphatic heterocycles. The number of carbonyl (C=O) groups is 2. The van der Waals surface area contributed by atoms with Crippen molar-refractivity contribution in [3.63, 3.8) is 0 Å². The Labute approximate surface area is 97.2 Å². The fourth-order valence-electron chi connectivity index (χ4n) is 0.985. The second-order valence-corrected chi connectivity index (χ2v) is 3.41. The summed E-state index contributed by atoms with van der Waals surface area (Å²) in [5.74, 6) is -1.13. The van der Waals surface area contributed by atoms with E-state index in [0.29, 0.717) is 5.75 Å². The smallest absolute Gasteiger partial charge is 0.235 e. The minimum Gasteiger partial charge on any atom is -0.485 e. The van der Waals surface area contributed by atoms with Gasteiger partial charge in [0, 0.05) is 12.3 Å². The van der Waals surface area contributed by atoms with Gasteiger partial charge in [-0.1, -0.05) is 0 Å². The highest BCUT2D eigenvalue weighted by atomic mass is 35.5. The van der Waals surface area contributed by atoms with Gasteiger partial charge in [-0.2, -0.15) is 0 Å². The maximum Gasteiger partial charge on any atom is 0.235 e. The minimum atomic E-state index is -0.634. The molecule has 0 aromatic heterocycles. The Balaban J connectivity index is 2.42. The lowest BCUT2D eigenvalue weighted by atomic mass is 10.2. The van der Waals surface area contributed by atoms with Crippen LogP contribution >= 0.6 is 11.6 Å². The van der Waals surface area contributed by atoms with Crippen LogP contribution < -0.4 is 4.74 Å². The number of ketones is 2. The number of alkyl halides is 1. The Morgan fingerprint density at radius 2 is 1.81 bits per heavy atom. The second-order valence-electron chi connectivity index (χ2n) is 3.03. The molecule has 0 saturated carbocycles. The van der Waals surface area contributed by atoms with E-state index in [1.54, 1.807) is 0 Å². The van der Waals surface area contributed by atoms with Crippen LogP contribution in [-0.4, -0.2) is 24.1 Å². The zero-order chi connectivity index (χ0) is 12.0. The normalized spacial score (nSPS) is 9.88. The standard InChI is InChI=1S/C11H10ClFO3/c12-6-5-10(14)11(15)7-16-9-3-1-8(13)2-4-9/h1-4H,5-7H2. The van der Waals surface area contributed by atoms with Crippen molar-refractivity contribution in [3.05, 3.63) is 30.1 Å². The highest BCUT2D eigenvalue weighted by molar-refractivity contribution is 6.39. The van der Waals surface area contributed by atoms with E-state index >= 15 is 0 Å². The van der Waals surface area contributed by atoms with Gasteiger partial charge in [-0.3, -0.25) is 9.59 Å². The third kappa shape index (κ3) is 3.98. The lowest BCUT2D eigenvalue weighted by Crippen LogP contribution is -2.21. The third-order valence-electron chi connectivity index (χ3n) is 1.82. The van der Waals surface area contributed by atoms with Crippen molar-refractivity contribution >= 4 is 23.2 Å². The largest absolute Gasteiger partial charge is 0.485 e. The number of halogens is 2. The van der Waals surface area contributed by atoms with Gasteiger partial charge in [-0.25, -0.2) is 4.39 Å². The molecule has 0 bridgehead atoms. The maximum absolute atomic E-state index is 12.5. The topological polar surface area (TPSA) is 43.4 Å². The molecule has 1 aromatic rings. The monoisotopic (exact) mass is 244 g/mol. The van der Waals surface area contributed by atoms with E-state index in [4.69, 9.17) is 16.3 Å². The molecule has 0 heterocycles. The fraction of sp³-hybridized carbons (Fsp3) is 0.273. The first kappa shape index (κ1) is 12.6. The van der Waals surface area contributed by atoms with Crippen molar-refractivity contribution in [3.8, 4) is 5.75 Å². The highest BCUT2D eigenvalue weighted by Gasteiger charge is 2.13. The molecule has 0 amide bonds. The van der Waals surface area contributed by atoms with Crippen LogP contribution in [-0.2, 0) is 9.59 Å². The van der Waals surface area contributed by atoms with Crippen LogP contribution in [0, 0.1) is 5.82 Å². The molecule has 0 unspecified atom stereocenters. The van der Waals surface area contributed by atoms with Gasteiger partial charge in [0.05, 0.1) is 0 Å². The SMILES string of the molecule is O=C(CCCl)C(=O)COc1ccc(F)cc1. The van der Waals surface area contributed by atoms with Crippen molar-refractivity contribution in [1.29, 1.82) is 0 Å². The van der Waals surface area contributed by atoms with Gasteiger partial charge < -0.3 is 4.74 Å². The molecular formula is C11H10ClFO3. The van der Waals surface area contributed by atoms with Gasteiger partial charge >= 0.3 is 0 Å². The summed E-state index contributed by atoms with van der Waals surface area (Å²) in [5.41, 5.74) is 0. The number of rotatable bonds is 6. The predicted molar refractivity (Wildman–Crippen MR) is 57.2 cm³/mol. The van der Waals surface area contributed by atoms with Gasteiger partial charge in [0.15, 0.2) is 6.61 Å². The molecular weight excluding hydrogens is 235 g/mol. The second kappa shape index (κ2) is 6.23. The summed E-state index contributed by atoms with van der Waals surface area (Å²) in [6.45, 7) is -0.346. The number of hydrogen-bond donors (Lipinski definition) is 0. The summed E-state index contributed by atoms with van der Waals surface area (Å²) in [6.07, 6.45) is 0.00711. The van der Waals surface area contributed by atoms with Crippen molar-refractivity contribution in [1.82, 2.24) is 0 Å². The molecule has 0 saturated heterocycles. The van der Waals surface area contributed by atoms with E-state index in [1.807, 2.05) is 0 Å². The first-order valence-corrected chi connectivity index (χ1v) is 5.17. The quantitative estimate of drug-likeness (QED) is 0.568. The Bertz CT molecular complexity index is 375. The average molecular weight is 245 g/mol. The first-order chi connectivity index (χ1) is 7.63. The van der Waals surface area contributed by atoms with Gasteiger partial charge in [0.25, 0.3) is 0 Å². The lowest BCUT2D eigenvalue weighted by Gasteiger charge is -2.03. The van der Waals surface area contributed by atoms with E-state index < -0.39 is 17.4 Å². The summed E-state index contributed by atoms with van der Waals surface area (Å²) in [4.78, 5) is 22.2. The van der Waals surface area contributed by atoms with Crippen molar-refractivity contribution in [2.45, 2.75) is 6.42 Å². The fourth-order valence-corrected chi connectivity index (χ4v) is 1.16. The predicted octanol–water partition coefficient (Wildman–Crippen LogP) is 1.97. The van der Waals surface area contributed by atoms with Crippen molar-refractivity contribution in [2.75, 3.05) is 12.5 Å².